The highest BCUT2D eigenvalue weighted by Crippen LogP contribution is 2.40. The molecule has 2 aliphatic rings. The summed E-state index contributed by atoms with van der Waals surface area (Å²) in [5.74, 6) is 2.88. The van der Waals surface area contributed by atoms with Gasteiger partial charge in [-0.3, -0.25) is 4.79 Å². The van der Waals surface area contributed by atoms with E-state index in [9.17, 15) is 9.90 Å². The lowest BCUT2D eigenvalue weighted by Gasteiger charge is -2.39. The molecule has 5 nitrogen and oxygen atoms in total. The fourth-order valence-corrected chi connectivity index (χ4v) is 4.75. The number of ether oxygens (including phenoxy) is 2. The molecule has 168 valence electrons. The van der Waals surface area contributed by atoms with Gasteiger partial charge in [-0.05, 0) is 56.4 Å². The van der Waals surface area contributed by atoms with Crippen LogP contribution in [0.2, 0.25) is 0 Å². The summed E-state index contributed by atoms with van der Waals surface area (Å²) in [6, 6.07) is 8.14. The smallest absolute Gasteiger partial charge is 0.288 e. The average molecular weight is 426 g/mol. The zero-order valence-corrected chi connectivity index (χ0v) is 18.8. The summed E-state index contributed by atoms with van der Waals surface area (Å²) in [7, 11) is 1.88. The summed E-state index contributed by atoms with van der Waals surface area (Å²) in [5, 5.41) is 9.42. The first kappa shape index (κ1) is 23.4. The third-order valence-electron chi connectivity index (χ3n) is 6.53. The fourth-order valence-electron chi connectivity index (χ4n) is 4.75. The summed E-state index contributed by atoms with van der Waals surface area (Å²) in [6.45, 7) is 2.53. The lowest BCUT2D eigenvalue weighted by atomic mass is 9.80. The van der Waals surface area contributed by atoms with Crippen molar-refractivity contribution in [2.75, 3.05) is 20.3 Å². The Morgan fingerprint density at radius 1 is 1.26 bits per heavy atom. The van der Waals surface area contributed by atoms with E-state index in [0.717, 1.165) is 43.2 Å². The van der Waals surface area contributed by atoms with Crippen LogP contribution in [-0.2, 0) is 14.3 Å². The van der Waals surface area contributed by atoms with Crippen LogP contribution in [0.4, 0.5) is 0 Å². The van der Waals surface area contributed by atoms with Gasteiger partial charge in [0, 0.05) is 43.7 Å². The molecular formula is C26H35NO4. The van der Waals surface area contributed by atoms with E-state index in [-0.39, 0.29) is 30.4 Å². The molecule has 1 aromatic rings. The Labute approximate surface area is 186 Å². The van der Waals surface area contributed by atoms with E-state index in [2.05, 4.69) is 5.92 Å². The zero-order chi connectivity index (χ0) is 22.2. The Hall–Kier alpha value is -2.29. The highest BCUT2D eigenvalue weighted by Gasteiger charge is 2.39. The highest BCUT2D eigenvalue weighted by atomic mass is 16.7. The second-order valence-electron chi connectivity index (χ2n) is 8.50. The lowest BCUT2D eigenvalue weighted by Crippen LogP contribution is -2.43. The SMILES string of the molecule is C#Cc1ccc([C@@H]2C=C(C(=O)N(C)C3CCCCC3)O[C@H](OCC)[C@H]2CCCO)cc1. The van der Waals surface area contributed by atoms with Crippen LogP contribution < -0.4 is 0 Å². The van der Waals surface area contributed by atoms with Gasteiger partial charge in [0.25, 0.3) is 5.91 Å². The second-order valence-corrected chi connectivity index (χ2v) is 8.50. The summed E-state index contributed by atoms with van der Waals surface area (Å²) >= 11 is 0. The van der Waals surface area contributed by atoms with Crippen LogP contribution in [0.25, 0.3) is 0 Å². The van der Waals surface area contributed by atoms with Crippen LogP contribution in [-0.4, -0.2) is 48.5 Å². The van der Waals surface area contributed by atoms with E-state index < -0.39 is 6.29 Å². The molecule has 0 aromatic heterocycles. The molecule has 1 aliphatic carbocycles. The first-order chi connectivity index (χ1) is 15.1. The van der Waals surface area contributed by atoms with Gasteiger partial charge < -0.3 is 19.5 Å². The Morgan fingerprint density at radius 2 is 1.97 bits per heavy atom. The molecule has 1 saturated carbocycles. The number of likely N-dealkylation sites (N-methyl/N-ethyl adjacent to an activating group) is 1. The molecular weight excluding hydrogens is 390 g/mol. The van der Waals surface area contributed by atoms with Crippen molar-refractivity contribution in [3.05, 3.63) is 47.2 Å². The molecule has 0 saturated heterocycles. The van der Waals surface area contributed by atoms with Gasteiger partial charge in [-0.15, -0.1) is 6.42 Å². The number of rotatable bonds is 8. The molecule has 5 heteroatoms. The first-order valence-corrected chi connectivity index (χ1v) is 11.5. The quantitative estimate of drug-likeness (QED) is 0.634. The van der Waals surface area contributed by atoms with Gasteiger partial charge >= 0.3 is 0 Å². The third-order valence-corrected chi connectivity index (χ3v) is 6.53. The van der Waals surface area contributed by atoms with E-state index in [4.69, 9.17) is 15.9 Å². The van der Waals surface area contributed by atoms with E-state index >= 15 is 0 Å². The van der Waals surface area contributed by atoms with Gasteiger partial charge in [-0.25, -0.2) is 0 Å². The number of hydrogen-bond acceptors (Lipinski definition) is 4. The second kappa shape index (κ2) is 11.4. The van der Waals surface area contributed by atoms with Crippen molar-refractivity contribution in [2.45, 2.75) is 70.1 Å². The van der Waals surface area contributed by atoms with Crippen LogP contribution in [0.15, 0.2) is 36.1 Å². The van der Waals surface area contributed by atoms with Crippen molar-refractivity contribution in [1.82, 2.24) is 4.90 Å². The first-order valence-electron chi connectivity index (χ1n) is 11.5. The number of carbonyl (C=O) groups is 1. The molecule has 0 radical (unpaired) electrons. The molecule has 0 unspecified atom stereocenters. The maximum Gasteiger partial charge on any atom is 0.288 e. The number of aliphatic hydroxyl groups excluding tert-OH is 1. The predicted molar refractivity (Wildman–Crippen MR) is 121 cm³/mol. The standard InChI is InChI=1S/C26H35NO4/c1-4-19-13-15-20(16-14-19)23-18-24(25(29)27(3)21-10-7-6-8-11-21)31-26(30-5-2)22(23)12-9-17-28/h1,13-16,18,21-23,26,28H,5-12,17H2,2-3H3/t22-,23-,26-/m0/s1. The van der Waals surface area contributed by atoms with Crippen molar-refractivity contribution in [2.24, 2.45) is 5.92 Å². The summed E-state index contributed by atoms with van der Waals surface area (Å²) < 4.78 is 12.1. The number of nitrogens with zero attached hydrogens (tertiary/aromatic N) is 1. The van der Waals surface area contributed by atoms with Gasteiger partial charge in [0.1, 0.15) is 0 Å². The minimum absolute atomic E-state index is 0.000299. The molecule has 1 fully saturated rings. The maximum absolute atomic E-state index is 13.4. The maximum atomic E-state index is 13.4. The van der Waals surface area contributed by atoms with Crippen LogP contribution in [0.5, 0.6) is 0 Å². The van der Waals surface area contributed by atoms with Gasteiger partial charge in [-0.1, -0.05) is 37.3 Å². The van der Waals surface area contributed by atoms with E-state index in [1.165, 1.54) is 6.42 Å². The normalized spacial score (nSPS) is 24.1. The fraction of sp³-hybridized carbons (Fsp3) is 0.577. The molecule has 0 bridgehead atoms. The highest BCUT2D eigenvalue weighted by molar-refractivity contribution is 5.91. The van der Waals surface area contributed by atoms with Crippen molar-refractivity contribution >= 4 is 5.91 Å². The number of terminal acetylenes is 1. The van der Waals surface area contributed by atoms with Crippen LogP contribution in [0, 0.1) is 18.3 Å². The van der Waals surface area contributed by atoms with Gasteiger partial charge in [0.2, 0.25) is 6.29 Å². The molecule has 1 aliphatic heterocycles. The van der Waals surface area contributed by atoms with Crippen LogP contribution >= 0.6 is 0 Å². The Kier molecular flexibility index (Phi) is 8.57. The molecule has 1 amide bonds. The van der Waals surface area contributed by atoms with Crippen molar-refractivity contribution < 1.29 is 19.4 Å². The minimum atomic E-state index is -0.530. The summed E-state index contributed by atoms with van der Waals surface area (Å²) in [5.41, 5.74) is 1.89. The molecule has 1 N–H and O–H groups in total. The van der Waals surface area contributed by atoms with E-state index in [1.54, 1.807) is 0 Å². The monoisotopic (exact) mass is 425 g/mol. The molecule has 3 atom stereocenters. The van der Waals surface area contributed by atoms with Crippen LogP contribution in [0.1, 0.15) is 68.9 Å². The number of allylic oxidation sites excluding steroid dienone is 1. The Balaban J connectivity index is 1.92. The Bertz CT molecular complexity index is 789. The van der Waals surface area contributed by atoms with Gasteiger partial charge in [-0.2, -0.15) is 0 Å². The van der Waals surface area contributed by atoms with Crippen LogP contribution in [0.3, 0.4) is 0 Å². The molecule has 31 heavy (non-hydrogen) atoms. The zero-order valence-electron chi connectivity index (χ0n) is 18.8. The van der Waals surface area contributed by atoms with Crippen molar-refractivity contribution in [3.63, 3.8) is 0 Å². The number of benzene rings is 1. The molecule has 0 spiro atoms. The lowest BCUT2D eigenvalue weighted by molar-refractivity contribution is -0.170. The van der Waals surface area contributed by atoms with Crippen molar-refractivity contribution in [3.8, 4) is 12.3 Å². The summed E-state index contributed by atoms with van der Waals surface area (Å²) in [4.78, 5) is 15.2. The minimum Gasteiger partial charge on any atom is -0.459 e. The largest absolute Gasteiger partial charge is 0.459 e. The topological polar surface area (TPSA) is 59.0 Å². The van der Waals surface area contributed by atoms with Gasteiger partial charge in [0.05, 0.1) is 0 Å². The third kappa shape index (κ3) is 5.70. The molecule has 3 rings (SSSR count). The summed E-state index contributed by atoms with van der Waals surface area (Å²) in [6.07, 6.45) is 14.0. The van der Waals surface area contributed by atoms with E-state index in [0.29, 0.717) is 18.8 Å². The van der Waals surface area contributed by atoms with Crippen molar-refractivity contribution in [1.29, 1.82) is 0 Å². The molecule has 1 aromatic carbocycles. The predicted octanol–water partition coefficient (Wildman–Crippen LogP) is 4.21. The Morgan fingerprint density at radius 3 is 2.58 bits per heavy atom. The number of aliphatic hydroxyl groups is 1. The van der Waals surface area contributed by atoms with Gasteiger partial charge in [0.15, 0.2) is 5.76 Å². The average Bonchev–Trinajstić information content (AvgIpc) is 2.82. The number of hydrogen-bond donors (Lipinski definition) is 1. The number of carbonyl (C=O) groups excluding carboxylic acids is 1. The van der Waals surface area contributed by atoms with E-state index in [1.807, 2.05) is 49.2 Å². The molecule has 1 heterocycles. The number of amides is 1.